The van der Waals surface area contributed by atoms with Crippen molar-refractivity contribution in [2.75, 3.05) is 6.61 Å². The summed E-state index contributed by atoms with van der Waals surface area (Å²) in [5.41, 5.74) is 1.64. The summed E-state index contributed by atoms with van der Waals surface area (Å²) >= 11 is 0. The highest BCUT2D eigenvalue weighted by Crippen LogP contribution is 2.23. The summed E-state index contributed by atoms with van der Waals surface area (Å²) in [4.78, 5) is 24.6. The second-order valence-electron chi connectivity index (χ2n) is 7.54. The normalized spacial score (nSPS) is 23.2. The SMILES string of the molecule is CC1(C)CC(NC(=O)Cn2nc3c(cc2=O)CCCCC3)CCO1. The van der Waals surface area contributed by atoms with Crippen LogP contribution < -0.4 is 10.9 Å². The molecule has 1 atom stereocenters. The average molecular weight is 333 g/mol. The lowest BCUT2D eigenvalue weighted by Crippen LogP contribution is -2.47. The first-order chi connectivity index (χ1) is 11.4. The molecule has 6 nitrogen and oxygen atoms in total. The predicted octanol–water partition coefficient (Wildman–Crippen LogP) is 1.59. The Morgan fingerprint density at radius 3 is 2.96 bits per heavy atom. The quantitative estimate of drug-likeness (QED) is 0.853. The van der Waals surface area contributed by atoms with Crippen LogP contribution in [0, 0.1) is 0 Å². The van der Waals surface area contributed by atoms with E-state index in [0.717, 1.165) is 49.8 Å². The maximum absolute atomic E-state index is 12.3. The minimum absolute atomic E-state index is 0.0100. The summed E-state index contributed by atoms with van der Waals surface area (Å²) in [6, 6.07) is 1.76. The van der Waals surface area contributed by atoms with Crippen molar-refractivity contribution >= 4 is 5.91 Å². The molecule has 1 aliphatic carbocycles. The van der Waals surface area contributed by atoms with Gasteiger partial charge in [-0.25, -0.2) is 4.68 Å². The van der Waals surface area contributed by atoms with Gasteiger partial charge in [0.15, 0.2) is 0 Å². The summed E-state index contributed by atoms with van der Waals surface area (Å²) in [6.07, 6.45) is 6.78. The molecule has 3 rings (SSSR count). The summed E-state index contributed by atoms with van der Waals surface area (Å²) < 4.78 is 6.98. The van der Waals surface area contributed by atoms with Crippen LogP contribution in [-0.2, 0) is 28.9 Å². The van der Waals surface area contributed by atoms with E-state index < -0.39 is 0 Å². The van der Waals surface area contributed by atoms with Gasteiger partial charge in [-0.2, -0.15) is 5.10 Å². The number of nitrogens with zero attached hydrogens (tertiary/aromatic N) is 2. The molecule has 2 aliphatic rings. The molecule has 1 fully saturated rings. The van der Waals surface area contributed by atoms with Crippen molar-refractivity contribution in [2.45, 2.75) is 77.0 Å². The third kappa shape index (κ3) is 4.23. The largest absolute Gasteiger partial charge is 0.375 e. The Bertz CT molecular complexity index is 666. The number of aryl methyl sites for hydroxylation is 2. The number of aromatic nitrogens is 2. The van der Waals surface area contributed by atoms with E-state index in [0.29, 0.717) is 6.61 Å². The fourth-order valence-electron chi connectivity index (χ4n) is 3.66. The molecule has 0 spiro atoms. The van der Waals surface area contributed by atoms with E-state index in [-0.39, 0.29) is 29.7 Å². The van der Waals surface area contributed by atoms with E-state index in [1.807, 2.05) is 13.8 Å². The van der Waals surface area contributed by atoms with Crippen LogP contribution in [0.15, 0.2) is 10.9 Å². The Morgan fingerprint density at radius 2 is 2.17 bits per heavy atom. The van der Waals surface area contributed by atoms with Gasteiger partial charge in [-0.05, 0) is 57.9 Å². The van der Waals surface area contributed by atoms with Crippen molar-refractivity contribution in [3.63, 3.8) is 0 Å². The van der Waals surface area contributed by atoms with Crippen molar-refractivity contribution in [1.82, 2.24) is 15.1 Å². The minimum atomic E-state index is -0.213. The van der Waals surface area contributed by atoms with Gasteiger partial charge in [-0.3, -0.25) is 9.59 Å². The molecule has 1 N–H and O–H groups in total. The predicted molar refractivity (Wildman–Crippen MR) is 91.0 cm³/mol. The second-order valence-corrected chi connectivity index (χ2v) is 7.54. The van der Waals surface area contributed by atoms with E-state index >= 15 is 0 Å². The number of carbonyl (C=O) groups excluding carboxylic acids is 1. The molecule has 1 amide bonds. The summed E-state index contributed by atoms with van der Waals surface area (Å²) in [5.74, 6) is -0.152. The van der Waals surface area contributed by atoms with Crippen molar-refractivity contribution in [3.05, 3.63) is 27.7 Å². The number of rotatable bonds is 3. The molecule has 0 saturated carbocycles. The third-order valence-corrected chi connectivity index (χ3v) is 4.88. The van der Waals surface area contributed by atoms with Crippen LogP contribution in [0.5, 0.6) is 0 Å². The lowest BCUT2D eigenvalue weighted by Gasteiger charge is -2.35. The Hall–Kier alpha value is -1.69. The van der Waals surface area contributed by atoms with Crippen LogP contribution in [0.2, 0.25) is 0 Å². The summed E-state index contributed by atoms with van der Waals surface area (Å²) in [6.45, 7) is 4.70. The van der Waals surface area contributed by atoms with Crippen LogP contribution in [0.1, 0.15) is 57.2 Å². The van der Waals surface area contributed by atoms with Crippen LogP contribution in [-0.4, -0.2) is 33.9 Å². The molecule has 1 aliphatic heterocycles. The van der Waals surface area contributed by atoms with Gasteiger partial charge < -0.3 is 10.1 Å². The van der Waals surface area contributed by atoms with Crippen LogP contribution in [0.3, 0.4) is 0 Å². The molecule has 132 valence electrons. The zero-order valence-electron chi connectivity index (χ0n) is 14.6. The smallest absolute Gasteiger partial charge is 0.267 e. The number of hydrogen-bond acceptors (Lipinski definition) is 4. The molecule has 1 unspecified atom stereocenters. The molecule has 0 aromatic carbocycles. The van der Waals surface area contributed by atoms with Gasteiger partial charge in [0.1, 0.15) is 6.54 Å². The van der Waals surface area contributed by atoms with Gasteiger partial charge >= 0.3 is 0 Å². The molecule has 1 aromatic rings. The van der Waals surface area contributed by atoms with Gasteiger partial charge in [0.25, 0.3) is 5.56 Å². The average Bonchev–Trinajstić information content (AvgIpc) is 2.71. The standard InChI is InChI=1S/C18H27N3O3/c1-18(2)11-14(8-9-24-18)19-16(22)12-21-17(23)10-13-6-4-3-5-7-15(13)20-21/h10,14H,3-9,11-12H2,1-2H3,(H,19,22). The molecule has 6 heteroatoms. The van der Waals surface area contributed by atoms with Crippen molar-refractivity contribution in [3.8, 4) is 0 Å². The van der Waals surface area contributed by atoms with Crippen molar-refractivity contribution < 1.29 is 9.53 Å². The Labute approximate surface area is 142 Å². The number of nitrogens with one attached hydrogen (secondary N) is 1. The number of fused-ring (bicyclic) bond motifs is 1. The third-order valence-electron chi connectivity index (χ3n) is 4.88. The molecular weight excluding hydrogens is 306 g/mol. The topological polar surface area (TPSA) is 73.2 Å². The fraction of sp³-hybridized carbons (Fsp3) is 0.722. The van der Waals surface area contributed by atoms with E-state index in [1.165, 1.54) is 11.1 Å². The first-order valence-electron chi connectivity index (χ1n) is 8.96. The Morgan fingerprint density at radius 1 is 1.38 bits per heavy atom. The monoisotopic (exact) mass is 333 g/mol. The van der Waals surface area contributed by atoms with Crippen LogP contribution >= 0.6 is 0 Å². The molecule has 1 aromatic heterocycles. The molecule has 2 heterocycles. The lowest BCUT2D eigenvalue weighted by atomic mass is 9.94. The van der Waals surface area contributed by atoms with Crippen molar-refractivity contribution in [2.24, 2.45) is 0 Å². The summed E-state index contributed by atoms with van der Waals surface area (Å²) in [5, 5.41) is 7.48. The first kappa shape index (κ1) is 17.1. The molecule has 1 saturated heterocycles. The van der Waals surface area contributed by atoms with Gasteiger partial charge in [-0.1, -0.05) is 6.42 Å². The molecular formula is C18H27N3O3. The zero-order valence-corrected chi connectivity index (χ0v) is 14.6. The highest BCUT2D eigenvalue weighted by Gasteiger charge is 2.29. The number of hydrogen-bond donors (Lipinski definition) is 1. The lowest BCUT2D eigenvalue weighted by molar-refractivity contribution is -0.124. The fourth-order valence-corrected chi connectivity index (χ4v) is 3.66. The van der Waals surface area contributed by atoms with Gasteiger partial charge in [-0.15, -0.1) is 0 Å². The van der Waals surface area contributed by atoms with Crippen molar-refractivity contribution in [1.29, 1.82) is 0 Å². The van der Waals surface area contributed by atoms with E-state index in [9.17, 15) is 9.59 Å². The van der Waals surface area contributed by atoms with Crippen LogP contribution in [0.4, 0.5) is 0 Å². The highest BCUT2D eigenvalue weighted by atomic mass is 16.5. The maximum atomic E-state index is 12.3. The molecule has 0 bridgehead atoms. The van der Waals surface area contributed by atoms with Crippen LogP contribution in [0.25, 0.3) is 0 Å². The number of ether oxygens (including phenoxy) is 1. The van der Waals surface area contributed by atoms with E-state index in [1.54, 1.807) is 6.07 Å². The Kier molecular flexibility index (Phi) is 5.04. The number of carbonyl (C=O) groups is 1. The maximum Gasteiger partial charge on any atom is 0.267 e. The molecule has 0 radical (unpaired) electrons. The molecule has 24 heavy (non-hydrogen) atoms. The number of amides is 1. The minimum Gasteiger partial charge on any atom is -0.375 e. The van der Waals surface area contributed by atoms with E-state index in [2.05, 4.69) is 10.4 Å². The van der Waals surface area contributed by atoms with Gasteiger partial charge in [0.2, 0.25) is 5.91 Å². The van der Waals surface area contributed by atoms with E-state index in [4.69, 9.17) is 4.74 Å². The highest BCUT2D eigenvalue weighted by molar-refractivity contribution is 5.75. The first-order valence-corrected chi connectivity index (χ1v) is 8.96. The Balaban J connectivity index is 1.66. The summed E-state index contributed by atoms with van der Waals surface area (Å²) in [7, 11) is 0. The van der Waals surface area contributed by atoms with Gasteiger partial charge in [0.05, 0.1) is 11.3 Å². The zero-order chi connectivity index (χ0) is 17.2. The van der Waals surface area contributed by atoms with Gasteiger partial charge in [0, 0.05) is 18.7 Å². The second kappa shape index (κ2) is 7.05.